The topological polar surface area (TPSA) is 175 Å². The van der Waals surface area contributed by atoms with E-state index in [1.807, 2.05) is 6.08 Å². The lowest BCUT2D eigenvalue weighted by Crippen LogP contribution is -2.61. The summed E-state index contributed by atoms with van der Waals surface area (Å²) in [6, 6.07) is -1.02. The Kier molecular flexibility index (Phi) is 59.6. The molecule has 0 aromatic heterocycles. The number of aliphatic hydroxyl groups is 5. The molecule has 0 aliphatic carbocycles. The zero-order chi connectivity index (χ0) is 62.4. The summed E-state index contributed by atoms with van der Waals surface area (Å²) in [5.41, 5.74) is 0. The van der Waals surface area contributed by atoms with Gasteiger partial charge in [-0.25, -0.2) is 0 Å². The number of ether oxygens (including phenoxy) is 3. The fraction of sp³-hybridized carbons (Fsp3) is 0.867. The Morgan fingerprint density at radius 3 is 1.22 bits per heavy atom. The molecule has 0 bridgehead atoms. The maximum atomic E-state index is 13.5. The van der Waals surface area contributed by atoms with Gasteiger partial charge in [-0.05, 0) is 64.2 Å². The predicted molar refractivity (Wildman–Crippen MR) is 361 cm³/mol. The van der Waals surface area contributed by atoms with Gasteiger partial charge in [0.2, 0.25) is 5.91 Å². The first-order valence-corrected chi connectivity index (χ1v) is 36.9. The highest BCUT2D eigenvalue weighted by molar-refractivity contribution is 5.80. The van der Waals surface area contributed by atoms with Gasteiger partial charge < -0.3 is 45.1 Å². The number of hydrogen-bond donors (Lipinski definition) is 6. The zero-order valence-corrected chi connectivity index (χ0v) is 56.2. The van der Waals surface area contributed by atoms with Crippen LogP contribution in [0.25, 0.3) is 0 Å². The molecule has 1 fully saturated rings. The minimum absolute atomic E-state index is 0.117. The smallest absolute Gasteiger partial charge is 0.306 e. The van der Waals surface area contributed by atoms with Crippen LogP contribution in [-0.2, 0) is 23.8 Å². The first-order valence-electron chi connectivity index (χ1n) is 36.9. The number of amides is 1. The summed E-state index contributed by atoms with van der Waals surface area (Å²) in [4.78, 5) is 26.7. The van der Waals surface area contributed by atoms with Crippen LogP contribution in [0.5, 0.6) is 0 Å². The van der Waals surface area contributed by atoms with E-state index in [2.05, 4.69) is 62.5 Å². The average molecular weight is 1210 g/mol. The van der Waals surface area contributed by atoms with E-state index in [0.29, 0.717) is 19.3 Å². The summed E-state index contributed by atoms with van der Waals surface area (Å²) >= 11 is 0. The Bertz CT molecular complexity index is 1590. The third-order valence-electron chi connectivity index (χ3n) is 17.5. The minimum atomic E-state index is -1.62. The Morgan fingerprint density at radius 1 is 0.453 bits per heavy atom. The second kappa shape index (κ2) is 62.8. The van der Waals surface area contributed by atoms with Crippen LogP contribution in [0.2, 0.25) is 0 Å². The van der Waals surface area contributed by atoms with Crippen molar-refractivity contribution in [3.8, 4) is 0 Å². The number of carbonyl (C=O) groups is 2. The molecule has 11 heteroatoms. The van der Waals surface area contributed by atoms with Crippen LogP contribution in [0, 0.1) is 0 Å². The monoisotopic (exact) mass is 1210 g/mol. The van der Waals surface area contributed by atoms with Crippen molar-refractivity contribution in [2.45, 2.75) is 404 Å². The first kappa shape index (κ1) is 81.6. The first-order chi connectivity index (χ1) is 42.2. The van der Waals surface area contributed by atoms with E-state index in [0.717, 1.165) is 83.5 Å². The molecule has 1 aliphatic heterocycles. The van der Waals surface area contributed by atoms with Crippen molar-refractivity contribution < 1.29 is 49.3 Å². The highest BCUT2D eigenvalue weighted by Gasteiger charge is 2.47. The van der Waals surface area contributed by atoms with Crippen molar-refractivity contribution in [2.75, 3.05) is 13.2 Å². The normalized spacial score (nSPS) is 18.5. The van der Waals surface area contributed by atoms with E-state index in [-0.39, 0.29) is 13.0 Å². The molecule has 11 nitrogen and oxygen atoms in total. The molecule has 6 N–H and O–H groups in total. The summed E-state index contributed by atoms with van der Waals surface area (Å²) in [6.45, 7) is 5.81. The van der Waals surface area contributed by atoms with Crippen LogP contribution >= 0.6 is 0 Å². The van der Waals surface area contributed by atoms with E-state index in [1.165, 1.54) is 225 Å². The Morgan fingerprint density at radius 2 is 0.802 bits per heavy atom. The summed E-state index contributed by atoms with van der Waals surface area (Å²) in [7, 11) is 0. The van der Waals surface area contributed by atoms with Crippen molar-refractivity contribution in [1.29, 1.82) is 0 Å². The van der Waals surface area contributed by atoms with Gasteiger partial charge in [0.25, 0.3) is 0 Å². The number of hydrogen-bond acceptors (Lipinski definition) is 10. The van der Waals surface area contributed by atoms with Crippen LogP contribution in [0.1, 0.15) is 355 Å². The van der Waals surface area contributed by atoms with Gasteiger partial charge in [-0.2, -0.15) is 0 Å². The number of carbonyl (C=O) groups excluding carboxylic acids is 2. The second-order valence-electron chi connectivity index (χ2n) is 25.7. The third kappa shape index (κ3) is 49.4. The van der Waals surface area contributed by atoms with Gasteiger partial charge in [0.05, 0.1) is 25.4 Å². The number of unbranched alkanes of at least 4 members (excludes halogenated alkanes) is 44. The number of esters is 1. The van der Waals surface area contributed by atoms with E-state index in [1.54, 1.807) is 6.08 Å². The van der Waals surface area contributed by atoms with E-state index >= 15 is 0 Å². The molecule has 0 saturated carbocycles. The summed E-state index contributed by atoms with van der Waals surface area (Å²) in [6.07, 6.45) is 68.7. The molecule has 0 spiro atoms. The molecular formula is C75H139NO10. The molecule has 0 radical (unpaired) electrons. The van der Waals surface area contributed by atoms with Gasteiger partial charge >= 0.3 is 5.97 Å². The van der Waals surface area contributed by atoms with E-state index < -0.39 is 67.4 Å². The summed E-state index contributed by atoms with van der Waals surface area (Å²) < 4.78 is 17.7. The van der Waals surface area contributed by atoms with E-state index in [9.17, 15) is 35.1 Å². The molecule has 0 aromatic rings. The van der Waals surface area contributed by atoms with Crippen LogP contribution in [0.3, 0.4) is 0 Å². The van der Waals surface area contributed by atoms with Crippen LogP contribution < -0.4 is 5.32 Å². The Labute approximate surface area is 529 Å². The van der Waals surface area contributed by atoms with E-state index in [4.69, 9.17) is 14.2 Å². The second-order valence-corrected chi connectivity index (χ2v) is 25.7. The maximum absolute atomic E-state index is 13.5. The highest BCUT2D eigenvalue weighted by Crippen LogP contribution is 2.26. The largest absolute Gasteiger partial charge is 0.454 e. The number of rotatable bonds is 64. The van der Waals surface area contributed by atoms with Crippen LogP contribution in [0.4, 0.5) is 0 Å². The van der Waals surface area contributed by atoms with Crippen LogP contribution in [0.15, 0.2) is 48.6 Å². The summed E-state index contributed by atoms with van der Waals surface area (Å²) in [5, 5.41) is 57.3. The highest BCUT2D eigenvalue weighted by atomic mass is 16.7. The molecule has 504 valence electrons. The molecule has 8 unspecified atom stereocenters. The standard InChI is InChI=1S/C75H139NO10/c1-4-7-10-13-16-19-22-25-27-29-31-33-34-35-37-38-40-42-44-47-50-53-56-59-62-68(79)74(83)76-66(67(78)61-58-55-52-49-46-24-21-18-15-12-9-6-3)65-84-75-73(72(82)71(81)69(64-77)85-75)86-70(80)63-60-57-54-51-48-45-43-41-39-36-32-30-28-26-23-20-17-14-11-8-5-2/h17,20,26,28,32,36,58,61,66-69,71-73,75,77-79,81-82H,4-16,18-19,21-25,27,29-31,33-35,37-57,59-60,62-65H2,1-3H3,(H,76,83)/b20-17-,28-26-,36-32-,61-58+. The zero-order valence-electron chi connectivity index (χ0n) is 56.2. The molecular weight excluding hydrogens is 1070 g/mol. The number of aliphatic hydroxyl groups excluding tert-OH is 5. The Hall–Kier alpha value is -2.38. The molecule has 1 aliphatic rings. The van der Waals surface area contributed by atoms with Crippen molar-refractivity contribution >= 4 is 11.9 Å². The average Bonchev–Trinajstić information content (AvgIpc) is 3.38. The molecule has 1 heterocycles. The van der Waals surface area contributed by atoms with Crippen LogP contribution in [-0.4, -0.2) is 99.6 Å². The fourth-order valence-electron chi connectivity index (χ4n) is 11.7. The fourth-order valence-corrected chi connectivity index (χ4v) is 11.7. The molecule has 8 atom stereocenters. The van der Waals surface area contributed by atoms with Gasteiger partial charge in [0, 0.05) is 6.42 Å². The van der Waals surface area contributed by atoms with Crippen molar-refractivity contribution in [1.82, 2.24) is 5.32 Å². The lowest BCUT2D eigenvalue weighted by molar-refractivity contribution is -0.305. The van der Waals surface area contributed by atoms with Gasteiger partial charge in [-0.15, -0.1) is 0 Å². The van der Waals surface area contributed by atoms with Crippen molar-refractivity contribution in [3.63, 3.8) is 0 Å². The third-order valence-corrected chi connectivity index (χ3v) is 17.5. The molecule has 1 amide bonds. The molecule has 0 aromatic carbocycles. The SMILES string of the molecule is CCCCC/C=C\C/C=C\C/C=C\CCCCCCCCCCC(=O)OC1C(OCC(NC(=O)C(O)CCCCCCCCCCCCCCCCCCCCCCCCCC)C(O)/C=C/CCCCCCCCCCCC)OC(CO)C(O)C1O. The Balaban J connectivity index is 2.55. The molecule has 1 saturated heterocycles. The van der Waals surface area contributed by atoms with Gasteiger partial charge in [0.15, 0.2) is 12.4 Å². The minimum Gasteiger partial charge on any atom is -0.454 e. The van der Waals surface area contributed by atoms with Gasteiger partial charge in [0.1, 0.15) is 24.4 Å². The maximum Gasteiger partial charge on any atom is 0.306 e. The number of allylic oxidation sites excluding steroid dienone is 7. The lowest BCUT2D eigenvalue weighted by atomic mass is 9.99. The molecule has 86 heavy (non-hydrogen) atoms. The van der Waals surface area contributed by atoms with Gasteiger partial charge in [-0.1, -0.05) is 333 Å². The molecule has 1 rings (SSSR count). The quantitative estimate of drug-likeness (QED) is 0.0195. The lowest BCUT2D eigenvalue weighted by Gasteiger charge is -2.41. The van der Waals surface area contributed by atoms with Crippen molar-refractivity contribution in [2.24, 2.45) is 0 Å². The van der Waals surface area contributed by atoms with Crippen molar-refractivity contribution in [3.05, 3.63) is 48.6 Å². The predicted octanol–water partition coefficient (Wildman–Crippen LogP) is 19.1. The van der Waals surface area contributed by atoms with Gasteiger partial charge in [-0.3, -0.25) is 9.59 Å². The summed E-state index contributed by atoms with van der Waals surface area (Å²) in [5.74, 6) is -1.19. The number of nitrogens with one attached hydrogen (secondary N) is 1.